The third-order valence-electron chi connectivity index (χ3n) is 3.80. The fourth-order valence-electron chi connectivity index (χ4n) is 2.71. The van der Waals surface area contributed by atoms with E-state index in [1.165, 1.54) is 15.2 Å². The van der Waals surface area contributed by atoms with Crippen molar-refractivity contribution < 1.29 is 14.3 Å². The van der Waals surface area contributed by atoms with Gasteiger partial charge in [0.1, 0.15) is 17.9 Å². The number of fused-ring (bicyclic) bond motifs is 1. The zero-order valence-corrected chi connectivity index (χ0v) is 16.3. The average molecular weight is 390 g/mol. The van der Waals surface area contributed by atoms with Gasteiger partial charge in [-0.15, -0.1) is 0 Å². The van der Waals surface area contributed by atoms with Crippen LogP contribution in [0.15, 0.2) is 41.6 Å². The molecule has 0 saturated heterocycles. The van der Waals surface area contributed by atoms with Gasteiger partial charge in [-0.1, -0.05) is 11.6 Å². The molecule has 0 fully saturated rings. The molecular formula is C19H20ClN3O4. The van der Waals surface area contributed by atoms with E-state index in [2.05, 4.69) is 4.98 Å². The summed E-state index contributed by atoms with van der Waals surface area (Å²) in [5, 5.41) is 0.447. The highest BCUT2D eigenvalue weighted by Gasteiger charge is 2.19. The van der Waals surface area contributed by atoms with Crippen LogP contribution in [0.3, 0.4) is 0 Å². The Hall–Kier alpha value is -2.80. The third kappa shape index (κ3) is 3.98. The van der Waals surface area contributed by atoms with Crippen molar-refractivity contribution in [3.63, 3.8) is 0 Å². The number of esters is 1. The Labute approximate surface area is 161 Å². The average Bonchev–Trinajstić information content (AvgIpc) is 2.89. The molecule has 0 N–H and O–H groups in total. The second kappa shape index (κ2) is 7.08. The van der Waals surface area contributed by atoms with Gasteiger partial charge < -0.3 is 9.47 Å². The van der Waals surface area contributed by atoms with Gasteiger partial charge in [0, 0.05) is 24.2 Å². The van der Waals surface area contributed by atoms with Crippen molar-refractivity contribution in [3.8, 4) is 17.0 Å². The molecule has 142 valence electrons. The maximum Gasteiger partial charge on any atom is 0.333 e. The summed E-state index contributed by atoms with van der Waals surface area (Å²) in [4.78, 5) is 29.1. The molecule has 0 unspecified atom stereocenters. The minimum absolute atomic E-state index is 0.187. The van der Waals surface area contributed by atoms with Gasteiger partial charge in [-0.3, -0.25) is 18.7 Å². The third-order valence-corrected chi connectivity index (χ3v) is 4.11. The number of carbonyl (C=O) groups is 1. The topological polar surface area (TPSA) is 74.8 Å². The van der Waals surface area contributed by atoms with Crippen LogP contribution >= 0.6 is 11.6 Å². The first kappa shape index (κ1) is 19.0. The van der Waals surface area contributed by atoms with Gasteiger partial charge in [-0.25, -0.2) is 4.79 Å². The van der Waals surface area contributed by atoms with Crippen LogP contribution in [0.4, 0.5) is 0 Å². The Morgan fingerprint density at radius 3 is 2.67 bits per heavy atom. The van der Waals surface area contributed by atoms with Crippen molar-refractivity contribution >= 4 is 23.1 Å². The first-order valence-electron chi connectivity index (χ1n) is 8.32. The zero-order chi connectivity index (χ0) is 19.8. The van der Waals surface area contributed by atoms with Gasteiger partial charge in [0.05, 0.1) is 23.3 Å². The Morgan fingerprint density at radius 1 is 1.30 bits per heavy atom. The first-order chi connectivity index (χ1) is 12.7. The van der Waals surface area contributed by atoms with E-state index in [9.17, 15) is 9.59 Å². The number of nitrogens with zero attached hydrogens (tertiary/aromatic N) is 3. The van der Waals surface area contributed by atoms with Gasteiger partial charge >= 0.3 is 11.7 Å². The van der Waals surface area contributed by atoms with Crippen LogP contribution in [0.2, 0.25) is 5.02 Å². The second-order valence-electron chi connectivity index (χ2n) is 7.00. The molecule has 0 aliphatic rings. The Bertz CT molecular complexity index is 1060. The van der Waals surface area contributed by atoms with E-state index >= 15 is 0 Å². The molecule has 0 amide bonds. The summed E-state index contributed by atoms with van der Waals surface area (Å²) in [5.41, 5.74) is 0.751. The van der Waals surface area contributed by atoms with Gasteiger partial charge in [-0.2, -0.15) is 0 Å². The Morgan fingerprint density at radius 2 is 2.04 bits per heavy atom. The maximum atomic E-state index is 12.6. The Kier molecular flexibility index (Phi) is 4.97. The fraction of sp³-hybridized carbons (Fsp3) is 0.316. The number of methoxy groups -OCH3 is 1. The van der Waals surface area contributed by atoms with Crippen LogP contribution in [0.5, 0.6) is 5.75 Å². The van der Waals surface area contributed by atoms with E-state index in [1.54, 1.807) is 58.5 Å². The monoisotopic (exact) mass is 389 g/mol. The Balaban J connectivity index is 2.05. The first-order valence-corrected chi connectivity index (χ1v) is 8.69. The molecule has 7 nitrogen and oxygen atoms in total. The minimum Gasteiger partial charge on any atom is -0.497 e. The quantitative estimate of drug-likeness (QED) is 0.641. The van der Waals surface area contributed by atoms with Crippen LogP contribution in [-0.2, 0) is 16.1 Å². The molecule has 0 atom stereocenters. The fourth-order valence-corrected chi connectivity index (χ4v) is 2.97. The number of carbonyl (C=O) groups excluding carboxylic acids is 1. The van der Waals surface area contributed by atoms with Crippen molar-refractivity contribution in [3.05, 3.63) is 52.3 Å². The van der Waals surface area contributed by atoms with Crippen LogP contribution in [-0.4, -0.2) is 32.6 Å². The van der Waals surface area contributed by atoms with Crippen molar-refractivity contribution in [2.24, 2.45) is 0 Å². The molecule has 0 aliphatic heterocycles. The predicted octanol–water partition coefficient (Wildman–Crippen LogP) is 3.17. The standard InChI is InChI=1S/C19H20ClN3O4/c1-19(2,3)27-16(24)11-22-10-15-17(21-7-8-23(15)18(22)25)13-6-5-12(26-4)9-14(13)20/h5-10H,11H2,1-4H3. The molecule has 8 heteroatoms. The molecule has 0 aliphatic carbocycles. The van der Waals surface area contributed by atoms with Gasteiger partial charge in [0.15, 0.2) is 0 Å². The molecule has 3 rings (SSSR count). The van der Waals surface area contributed by atoms with Crippen molar-refractivity contribution in [1.29, 1.82) is 0 Å². The molecule has 0 radical (unpaired) electrons. The zero-order valence-electron chi connectivity index (χ0n) is 15.5. The lowest BCUT2D eigenvalue weighted by molar-refractivity contribution is -0.155. The van der Waals surface area contributed by atoms with E-state index in [4.69, 9.17) is 21.1 Å². The number of benzene rings is 1. The van der Waals surface area contributed by atoms with Crippen molar-refractivity contribution in [1.82, 2.24) is 14.0 Å². The van der Waals surface area contributed by atoms with Crippen LogP contribution < -0.4 is 10.4 Å². The second-order valence-corrected chi connectivity index (χ2v) is 7.41. The van der Waals surface area contributed by atoms with Crippen LogP contribution in [0.1, 0.15) is 20.8 Å². The number of ether oxygens (including phenoxy) is 2. The summed E-state index contributed by atoms with van der Waals surface area (Å²) in [6.45, 7) is 5.14. The van der Waals surface area contributed by atoms with E-state index in [-0.39, 0.29) is 12.2 Å². The molecular weight excluding hydrogens is 370 g/mol. The highest BCUT2D eigenvalue weighted by molar-refractivity contribution is 6.33. The van der Waals surface area contributed by atoms with Crippen molar-refractivity contribution in [2.75, 3.05) is 7.11 Å². The lowest BCUT2D eigenvalue weighted by atomic mass is 10.1. The molecule has 27 heavy (non-hydrogen) atoms. The predicted molar refractivity (Wildman–Crippen MR) is 102 cm³/mol. The number of rotatable bonds is 4. The largest absolute Gasteiger partial charge is 0.497 e. The summed E-state index contributed by atoms with van der Waals surface area (Å²) in [7, 11) is 1.56. The van der Waals surface area contributed by atoms with Crippen LogP contribution in [0, 0.1) is 0 Å². The van der Waals surface area contributed by atoms with Crippen LogP contribution in [0.25, 0.3) is 16.8 Å². The number of imidazole rings is 1. The molecule has 3 aromatic rings. The summed E-state index contributed by atoms with van der Waals surface area (Å²) < 4.78 is 13.2. The van der Waals surface area contributed by atoms with E-state index in [0.29, 0.717) is 27.5 Å². The number of aromatic nitrogens is 3. The normalized spacial score (nSPS) is 11.6. The minimum atomic E-state index is -0.622. The molecule has 0 bridgehead atoms. The highest BCUT2D eigenvalue weighted by Crippen LogP contribution is 2.32. The summed E-state index contributed by atoms with van der Waals surface area (Å²) in [5.74, 6) is 0.132. The summed E-state index contributed by atoms with van der Waals surface area (Å²) in [6, 6.07) is 5.22. The van der Waals surface area contributed by atoms with Gasteiger partial charge in [0.2, 0.25) is 0 Å². The SMILES string of the molecule is COc1ccc(-c2nccn3c(=O)n(CC(=O)OC(C)(C)C)cc23)c(Cl)c1. The lowest BCUT2D eigenvalue weighted by Gasteiger charge is -2.19. The summed E-state index contributed by atoms with van der Waals surface area (Å²) in [6.07, 6.45) is 4.64. The number of hydrogen-bond donors (Lipinski definition) is 0. The molecule has 0 spiro atoms. The van der Waals surface area contributed by atoms with E-state index in [1.807, 2.05) is 0 Å². The lowest BCUT2D eigenvalue weighted by Crippen LogP contribution is -2.30. The number of halogens is 1. The van der Waals surface area contributed by atoms with Crippen molar-refractivity contribution in [2.45, 2.75) is 32.9 Å². The number of hydrogen-bond acceptors (Lipinski definition) is 5. The highest BCUT2D eigenvalue weighted by atomic mass is 35.5. The molecule has 1 aromatic carbocycles. The molecule has 0 saturated carbocycles. The molecule has 2 heterocycles. The van der Waals surface area contributed by atoms with Gasteiger partial charge in [0.25, 0.3) is 0 Å². The van der Waals surface area contributed by atoms with E-state index in [0.717, 1.165) is 0 Å². The smallest absolute Gasteiger partial charge is 0.333 e. The van der Waals surface area contributed by atoms with E-state index < -0.39 is 11.6 Å². The maximum absolute atomic E-state index is 12.6. The summed E-state index contributed by atoms with van der Waals surface area (Å²) >= 11 is 6.36. The van der Waals surface area contributed by atoms with Gasteiger partial charge in [-0.05, 0) is 39.0 Å². The molecule has 2 aromatic heterocycles.